The minimum Gasteiger partial charge on any atom is -0.502 e. The molecule has 0 saturated carbocycles. The van der Waals surface area contributed by atoms with Crippen LogP contribution < -0.4 is 5.32 Å². The lowest BCUT2D eigenvalue weighted by molar-refractivity contribution is -0.385. The topological polar surface area (TPSA) is 92.5 Å². The highest BCUT2D eigenvalue weighted by Gasteiger charge is 2.31. The molecule has 0 bridgehead atoms. The van der Waals surface area contributed by atoms with Gasteiger partial charge in [-0.2, -0.15) is 13.2 Å². The second-order valence-corrected chi connectivity index (χ2v) is 4.12. The van der Waals surface area contributed by atoms with E-state index in [1.807, 2.05) is 5.32 Å². The van der Waals surface area contributed by atoms with Gasteiger partial charge in [0.2, 0.25) is 5.75 Å². The molecule has 1 aromatic rings. The molecule has 1 rings (SSSR count). The van der Waals surface area contributed by atoms with Crippen LogP contribution in [0.1, 0.15) is 23.7 Å². The maximum Gasteiger partial charge on any atom is 0.391 e. The third kappa shape index (κ3) is 4.11. The summed E-state index contributed by atoms with van der Waals surface area (Å²) >= 11 is 0. The van der Waals surface area contributed by atoms with Gasteiger partial charge in [0, 0.05) is 12.1 Å². The van der Waals surface area contributed by atoms with E-state index in [0.717, 1.165) is 25.1 Å². The van der Waals surface area contributed by atoms with Crippen molar-refractivity contribution < 1.29 is 28.0 Å². The van der Waals surface area contributed by atoms with E-state index in [1.54, 1.807) is 0 Å². The van der Waals surface area contributed by atoms with Crippen molar-refractivity contribution in [2.24, 2.45) is 0 Å². The minimum atomic E-state index is -4.45. The number of benzene rings is 1. The van der Waals surface area contributed by atoms with Gasteiger partial charge in [-0.15, -0.1) is 0 Å². The van der Waals surface area contributed by atoms with E-state index in [2.05, 4.69) is 0 Å². The van der Waals surface area contributed by atoms with Crippen LogP contribution in [0.4, 0.5) is 18.9 Å². The summed E-state index contributed by atoms with van der Waals surface area (Å²) < 4.78 is 36.4. The molecule has 0 fully saturated rings. The fraction of sp³-hybridized carbons (Fsp3) is 0.364. The zero-order chi connectivity index (χ0) is 15.5. The minimum absolute atomic E-state index is 0.451. The lowest BCUT2D eigenvalue weighted by atomic mass is 10.1. The molecular formula is C11H11F3N2O4. The number of hydrogen-bond donors (Lipinski definition) is 2. The van der Waals surface area contributed by atoms with Crippen LogP contribution in [0, 0.1) is 10.1 Å². The summed E-state index contributed by atoms with van der Waals surface area (Å²) in [7, 11) is 0. The summed E-state index contributed by atoms with van der Waals surface area (Å²) in [5, 5.41) is 22.1. The molecule has 0 aromatic heterocycles. The van der Waals surface area contributed by atoms with Crippen LogP contribution in [-0.4, -0.2) is 28.2 Å². The smallest absolute Gasteiger partial charge is 0.391 e. The highest BCUT2D eigenvalue weighted by Crippen LogP contribution is 2.29. The first-order chi connectivity index (χ1) is 9.11. The van der Waals surface area contributed by atoms with E-state index in [0.29, 0.717) is 0 Å². The molecule has 6 nitrogen and oxygen atoms in total. The highest BCUT2D eigenvalue weighted by atomic mass is 19.4. The molecule has 0 aliphatic carbocycles. The zero-order valence-corrected chi connectivity index (χ0v) is 10.3. The predicted octanol–water partition coefficient (Wildman–Crippen LogP) is 2.37. The molecule has 110 valence electrons. The number of amides is 1. The van der Waals surface area contributed by atoms with Crippen LogP contribution in [0.5, 0.6) is 5.75 Å². The number of nitro groups is 1. The lowest BCUT2D eigenvalue weighted by Gasteiger charge is -2.16. The number of hydrogen-bond acceptors (Lipinski definition) is 4. The Morgan fingerprint density at radius 1 is 1.50 bits per heavy atom. The molecule has 0 saturated heterocycles. The number of nitrogens with one attached hydrogen (secondary N) is 1. The molecule has 1 aromatic carbocycles. The highest BCUT2D eigenvalue weighted by molar-refractivity contribution is 5.98. The molecule has 1 atom stereocenters. The van der Waals surface area contributed by atoms with E-state index in [4.69, 9.17) is 0 Å². The van der Waals surface area contributed by atoms with Gasteiger partial charge in [0.25, 0.3) is 5.91 Å². The first kappa shape index (κ1) is 15.7. The van der Waals surface area contributed by atoms with E-state index in [1.165, 1.54) is 0 Å². The van der Waals surface area contributed by atoms with Crippen molar-refractivity contribution in [1.29, 1.82) is 0 Å². The number of halogens is 3. The maximum atomic E-state index is 12.1. The summed E-state index contributed by atoms with van der Waals surface area (Å²) in [5.74, 6) is -1.89. The second-order valence-electron chi connectivity index (χ2n) is 4.12. The average Bonchev–Trinajstić information content (AvgIpc) is 2.25. The van der Waals surface area contributed by atoms with Crippen LogP contribution in [0.2, 0.25) is 0 Å². The van der Waals surface area contributed by atoms with Crippen LogP contribution >= 0.6 is 0 Å². The average molecular weight is 292 g/mol. The Kier molecular flexibility index (Phi) is 4.53. The van der Waals surface area contributed by atoms with Gasteiger partial charge in [-0.1, -0.05) is 6.07 Å². The quantitative estimate of drug-likeness (QED) is 0.658. The van der Waals surface area contributed by atoms with Crippen molar-refractivity contribution in [2.45, 2.75) is 25.6 Å². The standard InChI is InChI=1S/C11H11F3N2O4/c1-6(5-11(12,13)14)15-10(18)7-3-2-4-8(9(7)17)16(19)20/h2-4,6,17H,5H2,1H3,(H,15,18). The molecule has 0 aliphatic rings. The SMILES string of the molecule is CC(CC(F)(F)F)NC(=O)c1cccc([N+](=O)[O-])c1O. The van der Waals surface area contributed by atoms with Crippen molar-refractivity contribution in [1.82, 2.24) is 5.32 Å². The Labute approximate surface area is 111 Å². The van der Waals surface area contributed by atoms with Gasteiger partial charge in [0.15, 0.2) is 0 Å². The van der Waals surface area contributed by atoms with Gasteiger partial charge >= 0.3 is 11.9 Å². The molecule has 0 aliphatic heterocycles. The summed E-state index contributed by atoms with van der Waals surface area (Å²) in [6, 6.07) is 1.99. The first-order valence-electron chi connectivity index (χ1n) is 5.46. The third-order valence-corrected chi connectivity index (χ3v) is 2.37. The van der Waals surface area contributed by atoms with E-state index in [-0.39, 0.29) is 0 Å². The molecule has 1 amide bonds. The van der Waals surface area contributed by atoms with Crippen molar-refractivity contribution in [3.8, 4) is 5.75 Å². The van der Waals surface area contributed by atoms with Crippen molar-refractivity contribution in [2.75, 3.05) is 0 Å². The molecule has 0 spiro atoms. The van der Waals surface area contributed by atoms with Gasteiger partial charge < -0.3 is 10.4 Å². The third-order valence-electron chi connectivity index (χ3n) is 2.37. The van der Waals surface area contributed by atoms with Crippen molar-refractivity contribution in [3.05, 3.63) is 33.9 Å². The van der Waals surface area contributed by atoms with E-state index in [9.17, 15) is 33.2 Å². The molecule has 20 heavy (non-hydrogen) atoms. The number of carbonyl (C=O) groups is 1. The normalized spacial score (nSPS) is 12.8. The predicted molar refractivity (Wildman–Crippen MR) is 62.4 cm³/mol. The summed E-state index contributed by atoms with van der Waals surface area (Å²) in [5.41, 5.74) is -1.14. The fourth-order valence-corrected chi connectivity index (χ4v) is 1.56. The Morgan fingerprint density at radius 3 is 2.60 bits per heavy atom. The number of rotatable bonds is 4. The van der Waals surface area contributed by atoms with Gasteiger partial charge in [-0.3, -0.25) is 14.9 Å². The molecular weight excluding hydrogens is 281 g/mol. The largest absolute Gasteiger partial charge is 0.502 e. The number of para-hydroxylation sites is 1. The number of nitrogens with zero attached hydrogens (tertiary/aromatic N) is 1. The van der Waals surface area contributed by atoms with Gasteiger partial charge in [-0.25, -0.2) is 0 Å². The summed E-state index contributed by atoms with van der Waals surface area (Å²) in [6.45, 7) is 1.14. The second kappa shape index (κ2) is 5.76. The number of carbonyl (C=O) groups excluding carboxylic acids is 1. The maximum absolute atomic E-state index is 12.1. The first-order valence-corrected chi connectivity index (χ1v) is 5.46. The van der Waals surface area contributed by atoms with Crippen LogP contribution in [0.15, 0.2) is 18.2 Å². The van der Waals surface area contributed by atoms with Gasteiger partial charge in [-0.05, 0) is 13.0 Å². The molecule has 1 unspecified atom stereocenters. The molecule has 2 N–H and O–H groups in total. The Balaban J connectivity index is 2.88. The van der Waals surface area contributed by atoms with Gasteiger partial charge in [0.05, 0.1) is 16.9 Å². The number of nitro benzene ring substituents is 1. The van der Waals surface area contributed by atoms with Crippen LogP contribution in [0.3, 0.4) is 0 Å². The van der Waals surface area contributed by atoms with Crippen LogP contribution in [-0.2, 0) is 0 Å². The molecule has 0 radical (unpaired) electrons. The Morgan fingerprint density at radius 2 is 2.10 bits per heavy atom. The lowest BCUT2D eigenvalue weighted by Crippen LogP contribution is -2.36. The number of phenolic OH excluding ortho intramolecular Hbond substituents is 1. The summed E-state index contributed by atoms with van der Waals surface area (Å²) in [4.78, 5) is 21.3. The zero-order valence-electron chi connectivity index (χ0n) is 10.3. The summed E-state index contributed by atoms with van der Waals surface area (Å²) in [6.07, 6.45) is -5.69. The van der Waals surface area contributed by atoms with Gasteiger partial charge in [0.1, 0.15) is 0 Å². The monoisotopic (exact) mass is 292 g/mol. The van der Waals surface area contributed by atoms with Crippen molar-refractivity contribution >= 4 is 11.6 Å². The molecule has 9 heteroatoms. The van der Waals surface area contributed by atoms with Crippen molar-refractivity contribution in [3.63, 3.8) is 0 Å². The van der Waals surface area contributed by atoms with E-state index >= 15 is 0 Å². The molecule has 0 heterocycles. The number of alkyl halides is 3. The number of aromatic hydroxyl groups is 1. The fourth-order valence-electron chi connectivity index (χ4n) is 1.56. The van der Waals surface area contributed by atoms with Crippen LogP contribution in [0.25, 0.3) is 0 Å². The Hall–Kier alpha value is -2.32. The van der Waals surface area contributed by atoms with E-state index < -0.39 is 46.5 Å². The number of phenols is 1. The Bertz CT molecular complexity index is 531.